The summed E-state index contributed by atoms with van der Waals surface area (Å²) in [6, 6.07) is 15.4. The van der Waals surface area contributed by atoms with Crippen molar-refractivity contribution in [2.75, 3.05) is 24.6 Å². The maximum atomic E-state index is 12.9. The number of amides is 1. The molecule has 36 heavy (non-hydrogen) atoms. The van der Waals surface area contributed by atoms with E-state index in [1.807, 2.05) is 6.07 Å². The van der Waals surface area contributed by atoms with Gasteiger partial charge in [-0.3, -0.25) is 4.79 Å². The van der Waals surface area contributed by atoms with E-state index in [9.17, 15) is 18.0 Å². The van der Waals surface area contributed by atoms with Crippen LogP contribution in [0, 0.1) is 0 Å². The molecule has 0 radical (unpaired) electrons. The summed E-state index contributed by atoms with van der Waals surface area (Å²) in [6.07, 6.45) is -3.45. The molecule has 0 aromatic heterocycles. The van der Waals surface area contributed by atoms with Crippen LogP contribution in [0.4, 0.5) is 18.9 Å². The van der Waals surface area contributed by atoms with Crippen LogP contribution in [0.15, 0.2) is 60.7 Å². The number of fused-ring (bicyclic) bond motifs is 1. The fourth-order valence-corrected chi connectivity index (χ4v) is 4.58. The van der Waals surface area contributed by atoms with Gasteiger partial charge in [-0.2, -0.15) is 13.2 Å². The molecule has 0 bridgehead atoms. The van der Waals surface area contributed by atoms with E-state index in [0.29, 0.717) is 53.4 Å². The zero-order valence-electron chi connectivity index (χ0n) is 19.4. The number of alkyl halides is 3. The van der Waals surface area contributed by atoms with Crippen LogP contribution in [0.1, 0.15) is 40.7 Å². The lowest BCUT2D eigenvalue weighted by Crippen LogP contribution is -2.59. The normalized spacial score (nSPS) is 17.6. The second-order valence-electron chi connectivity index (χ2n) is 9.11. The van der Waals surface area contributed by atoms with E-state index in [4.69, 9.17) is 21.1 Å². The molecule has 1 N–H and O–H groups in total. The molecule has 2 heterocycles. The minimum absolute atomic E-state index is 0.153. The third-order valence-corrected chi connectivity index (χ3v) is 6.80. The van der Waals surface area contributed by atoms with Gasteiger partial charge in [-0.05, 0) is 66.4 Å². The third-order valence-electron chi connectivity index (χ3n) is 6.50. The third kappa shape index (κ3) is 5.09. The van der Waals surface area contributed by atoms with Gasteiger partial charge in [0.25, 0.3) is 5.91 Å². The zero-order chi connectivity index (χ0) is 25.4. The number of hydrogen-bond acceptors (Lipinski definition) is 4. The maximum Gasteiger partial charge on any atom is 0.416 e. The Hall–Kier alpha value is -3.39. The highest BCUT2D eigenvalue weighted by atomic mass is 35.5. The average molecular weight is 517 g/mol. The van der Waals surface area contributed by atoms with Gasteiger partial charge in [-0.15, -0.1) is 0 Å². The number of halogens is 4. The highest BCUT2D eigenvalue weighted by Gasteiger charge is 2.33. The van der Waals surface area contributed by atoms with Crippen LogP contribution in [0.2, 0.25) is 5.02 Å². The number of rotatable bonds is 5. The number of hydrogen-bond donors (Lipinski definition) is 1. The Kier molecular flexibility index (Phi) is 6.47. The van der Waals surface area contributed by atoms with Crippen molar-refractivity contribution in [1.29, 1.82) is 0 Å². The predicted molar refractivity (Wildman–Crippen MR) is 131 cm³/mol. The highest BCUT2D eigenvalue weighted by molar-refractivity contribution is 6.32. The van der Waals surface area contributed by atoms with Gasteiger partial charge in [0.1, 0.15) is 17.2 Å². The summed E-state index contributed by atoms with van der Waals surface area (Å²) < 4.78 is 50.5. The highest BCUT2D eigenvalue weighted by Crippen LogP contribution is 2.41. The fraction of sp³-hybridized carbons (Fsp3) is 0.296. The van der Waals surface area contributed by atoms with E-state index in [-0.39, 0.29) is 11.9 Å². The molecule has 5 nitrogen and oxygen atoms in total. The van der Waals surface area contributed by atoms with Crippen LogP contribution in [-0.4, -0.2) is 31.6 Å². The largest absolute Gasteiger partial charge is 0.493 e. The molecule has 1 fully saturated rings. The van der Waals surface area contributed by atoms with Crippen molar-refractivity contribution in [3.05, 3.63) is 82.4 Å². The van der Waals surface area contributed by atoms with E-state index < -0.39 is 11.7 Å². The second kappa shape index (κ2) is 9.58. The van der Waals surface area contributed by atoms with Gasteiger partial charge in [-0.1, -0.05) is 24.6 Å². The molecule has 2 aliphatic rings. The van der Waals surface area contributed by atoms with Crippen molar-refractivity contribution >= 4 is 23.2 Å². The van der Waals surface area contributed by atoms with E-state index in [1.165, 1.54) is 6.07 Å². The number of nitrogens with one attached hydrogen (secondary N) is 1. The van der Waals surface area contributed by atoms with Crippen LogP contribution in [0.25, 0.3) is 0 Å². The van der Waals surface area contributed by atoms with Crippen molar-refractivity contribution < 1.29 is 27.4 Å². The Morgan fingerprint density at radius 1 is 1.11 bits per heavy atom. The second-order valence-corrected chi connectivity index (χ2v) is 9.52. The lowest BCUT2D eigenvalue weighted by atomic mass is 9.95. The quantitative estimate of drug-likeness (QED) is 0.412. The summed E-state index contributed by atoms with van der Waals surface area (Å²) in [5.74, 6) is 1.88. The molecule has 1 unspecified atom stereocenters. The molecule has 0 spiro atoms. The van der Waals surface area contributed by atoms with Crippen molar-refractivity contribution in [1.82, 2.24) is 5.32 Å². The summed E-state index contributed by atoms with van der Waals surface area (Å²) in [5.41, 5.74) is 1.31. The minimum atomic E-state index is -4.39. The number of carbonyl (C=O) groups excluding carboxylic acids is 1. The molecule has 3 aromatic carbocycles. The molecule has 0 aliphatic carbocycles. The molecule has 1 saturated heterocycles. The van der Waals surface area contributed by atoms with Crippen LogP contribution < -0.4 is 19.7 Å². The SMILES string of the molecule is CC1CCOc2cc(Oc3ccc(C(=O)NC4CN(c5cccc(C(F)(F)F)c5)C4)cc3)c(Cl)cc21. The summed E-state index contributed by atoms with van der Waals surface area (Å²) in [6.45, 7) is 3.66. The number of carbonyl (C=O) groups is 1. The Morgan fingerprint density at radius 2 is 1.86 bits per heavy atom. The Labute approximate surface area is 211 Å². The molecular weight excluding hydrogens is 493 g/mol. The van der Waals surface area contributed by atoms with E-state index in [2.05, 4.69) is 12.2 Å². The number of anilines is 1. The number of benzene rings is 3. The van der Waals surface area contributed by atoms with Gasteiger partial charge in [0.2, 0.25) is 0 Å². The standard InChI is InChI=1S/C27H24ClF3N2O3/c1-16-9-10-35-24-13-25(23(28)12-22(16)24)36-21-7-5-17(6-8-21)26(34)32-19-14-33(15-19)20-4-2-3-18(11-20)27(29,30)31/h2-8,11-13,16,19H,9-10,14-15H2,1H3,(H,32,34). The van der Waals surface area contributed by atoms with Crippen molar-refractivity contribution in [2.24, 2.45) is 0 Å². The average Bonchev–Trinajstić information content (AvgIpc) is 2.82. The minimum Gasteiger partial charge on any atom is -0.493 e. The predicted octanol–water partition coefficient (Wildman–Crippen LogP) is 6.66. The van der Waals surface area contributed by atoms with Gasteiger partial charge in [0, 0.05) is 30.4 Å². The molecule has 5 rings (SSSR count). The van der Waals surface area contributed by atoms with Gasteiger partial charge in [0.15, 0.2) is 0 Å². The van der Waals surface area contributed by atoms with Crippen molar-refractivity contribution in [3.8, 4) is 17.2 Å². The van der Waals surface area contributed by atoms with E-state index >= 15 is 0 Å². The molecule has 9 heteroatoms. The lowest BCUT2D eigenvalue weighted by Gasteiger charge is -2.41. The fourth-order valence-electron chi connectivity index (χ4n) is 4.37. The summed E-state index contributed by atoms with van der Waals surface area (Å²) >= 11 is 6.42. The zero-order valence-corrected chi connectivity index (χ0v) is 20.2. The number of ether oxygens (including phenoxy) is 2. The van der Waals surface area contributed by atoms with Gasteiger partial charge < -0.3 is 19.7 Å². The first-order valence-corrected chi connectivity index (χ1v) is 12.0. The topological polar surface area (TPSA) is 50.8 Å². The Morgan fingerprint density at radius 3 is 2.58 bits per heavy atom. The van der Waals surface area contributed by atoms with Crippen LogP contribution in [0.5, 0.6) is 17.2 Å². The Balaban J connectivity index is 1.17. The van der Waals surface area contributed by atoms with E-state index in [0.717, 1.165) is 29.9 Å². The first kappa shape index (κ1) is 24.3. The maximum absolute atomic E-state index is 12.9. The molecular formula is C27H24ClF3N2O3. The van der Waals surface area contributed by atoms with Crippen LogP contribution >= 0.6 is 11.6 Å². The lowest BCUT2D eigenvalue weighted by molar-refractivity contribution is -0.137. The summed E-state index contributed by atoms with van der Waals surface area (Å²) in [4.78, 5) is 14.4. The van der Waals surface area contributed by atoms with Crippen LogP contribution in [0.3, 0.4) is 0 Å². The summed E-state index contributed by atoms with van der Waals surface area (Å²) in [5, 5.41) is 3.40. The van der Waals surface area contributed by atoms with Crippen LogP contribution in [-0.2, 0) is 6.18 Å². The van der Waals surface area contributed by atoms with Gasteiger partial charge in [-0.25, -0.2) is 0 Å². The number of nitrogens with zero attached hydrogens (tertiary/aromatic N) is 1. The molecule has 0 saturated carbocycles. The summed E-state index contributed by atoms with van der Waals surface area (Å²) in [7, 11) is 0. The first-order chi connectivity index (χ1) is 17.2. The molecule has 3 aromatic rings. The smallest absolute Gasteiger partial charge is 0.416 e. The monoisotopic (exact) mass is 516 g/mol. The molecule has 188 valence electrons. The Bertz CT molecular complexity index is 1270. The van der Waals surface area contributed by atoms with Gasteiger partial charge >= 0.3 is 6.18 Å². The van der Waals surface area contributed by atoms with Crippen molar-refractivity contribution in [3.63, 3.8) is 0 Å². The first-order valence-electron chi connectivity index (χ1n) is 11.6. The van der Waals surface area contributed by atoms with E-state index in [1.54, 1.807) is 41.3 Å². The molecule has 2 aliphatic heterocycles. The molecule has 1 amide bonds. The van der Waals surface area contributed by atoms with Gasteiger partial charge in [0.05, 0.1) is 23.2 Å². The van der Waals surface area contributed by atoms with Crippen molar-refractivity contribution in [2.45, 2.75) is 31.5 Å². The molecule has 1 atom stereocenters.